The Kier molecular flexibility index (Phi) is 2.14. The molecule has 0 unspecified atom stereocenters. The first-order valence-corrected chi connectivity index (χ1v) is 4.06. The van der Waals surface area contributed by atoms with Crippen LogP contribution < -0.4 is 5.73 Å². The van der Waals surface area contributed by atoms with E-state index in [1.807, 2.05) is 0 Å². The maximum atomic E-state index is 5.65. The van der Waals surface area contributed by atoms with Crippen LogP contribution >= 0.6 is 0 Å². The highest BCUT2D eigenvalue weighted by Gasteiger charge is 2.22. The molecule has 0 aromatic rings. The zero-order valence-electron chi connectivity index (χ0n) is 6.98. The fraction of sp³-hybridized carbons (Fsp3) is 0.778. The van der Waals surface area contributed by atoms with E-state index in [0.717, 1.165) is 6.54 Å². The summed E-state index contributed by atoms with van der Waals surface area (Å²) < 4.78 is 0. The number of hydrogen-bond donors (Lipinski definition) is 1. The van der Waals surface area contributed by atoms with Gasteiger partial charge in [0, 0.05) is 6.54 Å². The first kappa shape index (κ1) is 7.80. The van der Waals surface area contributed by atoms with Crippen LogP contribution in [0.25, 0.3) is 0 Å². The quantitative estimate of drug-likeness (QED) is 0.582. The van der Waals surface area contributed by atoms with Crippen LogP contribution in [-0.4, -0.2) is 6.54 Å². The lowest BCUT2D eigenvalue weighted by Gasteiger charge is -2.24. The summed E-state index contributed by atoms with van der Waals surface area (Å²) >= 11 is 0. The van der Waals surface area contributed by atoms with Crippen LogP contribution in [0.3, 0.4) is 0 Å². The fourth-order valence-corrected chi connectivity index (χ4v) is 1.42. The van der Waals surface area contributed by atoms with Crippen LogP contribution in [0.1, 0.15) is 33.1 Å². The lowest BCUT2D eigenvalue weighted by Crippen LogP contribution is -2.24. The molecule has 1 nitrogen and oxygen atoms in total. The highest BCUT2D eigenvalue weighted by Crippen LogP contribution is 2.33. The second-order valence-electron chi connectivity index (χ2n) is 3.71. The van der Waals surface area contributed by atoms with Gasteiger partial charge in [-0.25, -0.2) is 0 Å². The van der Waals surface area contributed by atoms with E-state index >= 15 is 0 Å². The van der Waals surface area contributed by atoms with Gasteiger partial charge in [0.2, 0.25) is 0 Å². The van der Waals surface area contributed by atoms with Gasteiger partial charge >= 0.3 is 0 Å². The fourth-order valence-electron chi connectivity index (χ4n) is 1.42. The first-order chi connectivity index (χ1) is 4.67. The number of hydrogen-bond acceptors (Lipinski definition) is 1. The Hall–Kier alpha value is -0.300. The third-order valence-electron chi connectivity index (χ3n) is 2.42. The average Bonchev–Trinajstić information content (AvgIpc) is 2.38. The van der Waals surface area contributed by atoms with Crippen molar-refractivity contribution >= 4 is 0 Å². The molecule has 0 aromatic carbocycles. The van der Waals surface area contributed by atoms with Gasteiger partial charge in [0.25, 0.3) is 0 Å². The van der Waals surface area contributed by atoms with E-state index < -0.39 is 0 Å². The molecule has 0 aliphatic heterocycles. The largest absolute Gasteiger partial charge is 0.330 e. The van der Waals surface area contributed by atoms with Crippen LogP contribution in [0.5, 0.6) is 0 Å². The number of allylic oxidation sites excluding steroid dienone is 1. The molecule has 0 bridgehead atoms. The highest BCUT2D eigenvalue weighted by molar-refractivity contribution is 5.16. The molecule has 2 N–H and O–H groups in total. The van der Waals surface area contributed by atoms with Crippen LogP contribution in [-0.2, 0) is 0 Å². The van der Waals surface area contributed by atoms with Crippen molar-refractivity contribution in [2.45, 2.75) is 33.1 Å². The molecule has 1 rings (SSSR count). The van der Waals surface area contributed by atoms with Crippen molar-refractivity contribution in [3.05, 3.63) is 11.6 Å². The topological polar surface area (TPSA) is 26.0 Å². The maximum Gasteiger partial charge on any atom is 0.00115 e. The van der Waals surface area contributed by atoms with E-state index in [4.69, 9.17) is 5.73 Å². The van der Waals surface area contributed by atoms with E-state index in [1.54, 1.807) is 5.57 Å². The predicted molar refractivity (Wildman–Crippen MR) is 44.8 cm³/mol. The molecular formula is C9H17N. The summed E-state index contributed by atoms with van der Waals surface area (Å²) in [5.74, 6) is 0. The summed E-state index contributed by atoms with van der Waals surface area (Å²) in [6, 6.07) is 0. The van der Waals surface area contributed by atoms with Crippen LogP contribution in [0.4, 0.5) is 0 Å². The Balaban J connectivity index is 2.62. The van der Waals surface area contributed by atoms with E-state index in [-0.39, 0.29) is 5.41 Å². The minimum atomic E-state index is 0.260. The molecule has 0 amide bonds. The molecular weight excluding hydrogens is 122 g/mol. The molecule has 0 aromatic heterocycles. The van der Waals surface area contributed by atoms with Gasteiger partial charge in [-0.05, 0) is 24.7 Å². The second kappa shape index (κ2) is 2.75. The van der Waals surface area contributed by atoms with Gasteiger partial charge in [0.15, 0.2) is 0 Å². The van der Waals surface area contributed by atoms with Crippen molar-refractivity contribution < 1.29 is 0 Å². The van der Waals surface area contributed by atoms with E-state index in [1.165, 1.54) is 19.3 Å². The van der Waals surface area contributed by atoms with Gasteiger partial charge in [0.1, 0.15) is 0 Å². The Bertz CT molecular complexity index is 145. The van der Waals surface area contributed by atoms with E-state index in [2.05, 4.69) is 19.9 Å². The Morgan fingerprint density at radius 3 is 2.70 bits per heavy atom. The standard InChI is InChI=1S/C9H17N/c1-9(2,7-10)8-5-3-4-6-8/h5H,3-4,6-7,10H2,1-2H3. The van der Waals surface area contributed by atoms with Gasteiger partial charge in [0.05, 0.1) is 0 Å². The van der Waals surface area contributed by atoms with Crippen LogP contribution in [0.2, 0.25) is 0 Å². The molecule has 0 heterocycles. The molecule has 0 radical (unpaired) electrons. The summed E-state index contributed by atoms with van der Waals surface area (Å²) in [4.78, 5) is 0. The predicted octanol–water partition coefficient (Wildman–Crippen LogP) is 2.08. The molecule has 0 spiro atoms. The highest BCUT2D eigenvalue weighted by atomic mass is 14.6. The van der Waals surface area contributed by atoms with Gasteiger partial charge in [-0.1, -0.05) is 25.5 Å². The zero-order chi connectivity index (χ0) is 7.61. The number of rotatable bonds is 2. The minimum Gasteiger partial charge on any atom is -0.330 e. The van der Waals surface area contributed by atoms with E-state index in [0.29, 0.717) is 0 Å². The second-order valence-corrected chi connectivity index (χ2v) is 3.71. The normalized spacial score (nSPS) is 19.3. The Labute approximate surface area is 63.3 Å². The molecule has 0 saturated heterocycles. The monoisotopic (exact) mass is 139 g/mol. The molecule has 1 heteroatoms. The molecule has 58 valence electrons. The van der Waals surface area contributed by atoms with Gasteiger partial charge in [-0.3, -0.25) is 0 Å². The van der Waals surface area contributed by atoms with Crippen LogP contribution in [0.15, 0.2) is 11.6 Å². The van der Waals surface area contributed by atoms with Crippen LogP contribution in [0, 0.1) is 5.41 Å². The lowest BCUT2D eigenvalue weighted by molar-refractivity contribution is 0.449. The minimum absolute atomic E-state index is 0.260. The van der Waals surface area contributed by atoms with Gasteiger partial charge in [-0.2, -0.15) is 0 Å². The third kappa shape index (κ3) is 1.40. The smallest absolute Gasteiger partial charge is 0.00115 e. The van der Waals surface area contributed by atoms with Crippen molar-refractivity contribution in [2.75, 3.05) is 6.54 Å². The third-order valence-corrected chi connectivity index (χ3v) is 2.42. The summed E-state index contributed by atoms with van der Waals surface area (Å²) in [7, 11) is 0. The molecule has 10 heavy (non-hydrogen) atoms. The Morgan fingerprint density at radius 1 is 1.60 bits per heavy atom. The molecule has 1 aliphatic carbocycles. The van der Waals surface area contributed by atoms with Crippen molar-refractivity contribution in [1.29, 1.82) is 0 Å². The molecule has 1 aliphatic rings. The summed E-state index contributed by atoms with van der Waals surface area (Å²) in [6.07, 6.45) is 6.22. The van der Waals surface area contributed by atoms with E-state index in [9.17, 15) is 0 Å². The van der Waals surface area contributed by atoms with Gasteiger partial charge in [-0.15, -0.1) is 0 Å². The SMILES string of the molecule is CC(C)(CN)C1=CCCC1. The summed E-state index contributed by atoms with van der Waals surface area (Å²) in [6.45, 7) is 5.23. The summed E-state index contributed by atoms with van der Waals surface area (Å²) in [5.41, 5.74) is 7.47. The average molecular weight is 139 g/mol. The van der Waals surface area contributed by atoms with Crippen molar-refractivity contribution in [2.24, 2.45) is 11.1 Å². The zero-order valence-corrected chi connectivity index (χ0v) is 6.98. The maximum absolute atomic E-state index is 5.65. The molecule has 0 saturated carbocycles. The van der Waals surface area contributed by atoms with Gasteiger partial charge < -0.3 is 5.73 Å². The van der Waals surface area contributed by atoms with Crippen molar-refractivity contribution in [3.63, 3.8) is 0 Å². The lowest BCUT2D eigenvalue weighted by atomic mass is 9.84. The first-order valence-electron chi connectivity index (χ1n) is 4.06. The van der Waals surface area contributed by atoms with Crippen molar-refractivity contribution in [3.8, 4) is 0 Å². The molecule has 0 fully saturated rings. The molecule has 0 atom stereocenters. The van der Waals surface area contributed by atoms with Crippen molar-refractivity contribution in [1.82, 2.24) is 0 Å². The Morgan fingerprint density at radius 2 is 2.30 bits per heavy atom. The number of nitrogens with two attached hydrogens (primary N) is 1. The summed E-state index contributed by atoms with van der Waals surface area (Å²) in [5, 5.41) is 0.